The fourth-order valence-corrected chi connectivity index (χ4v) is 13.4. The van der Waals surface area contributed by atoms with Gasteiger partial charge in [-0.3, -0.25) is 0 Å². The Hall–Kier alpha value is -8.40. The van der Waals surface area contributed by atoms with Crippen molar-refractivity contribution in [3.05, 3.63) is 160 Å². The number of aromatic amines is 2. The van der Waals surface area contributed by atoms with Gasteiger partial charge in [0.05, 0.1) is 71.4 Å². The van der Waals surface area contributed by atoms with Crippen LogP contribution in [0.1, 0.15) is 292 Å². The quantitative estimate of drug-likeness (QED) is 0.0290. The molecule has 9 heteroatoms. The lowest BCUT2D eigenvalue weighted by Gasteiger charge is -2.24. The number of hydrogen-bond donors (Lipinski definition) is 2. The maximum atomic E-state index is 6.75. The molecule has 0 saturated carbocycles. The molecule has 8 bridgehead atoms. The summed E-state index contributed by atoms with van der Waals surface area (Å²) in [4.78, 5) is 21.8. The molecule has 9 rings (SSSR count). The van der Waals surface area contributed by atoms with E-state index < -0.39 is 0 Å². The van der Waals surface area contributed by atoms with E-state index in [1.54, 1.807) is 0 Å². The first-order valence-corrected chi connectivity index (χ1v) is 39.8. The molecule has 0 spiro atoms. The molecule has 7 aromatic rings. The molecular weight excluding hydrogens is 1240 g/mol. The Morgan fingerprint density at radius 3 is 1.01 bits per heavy atom. The van der Waals surface area contributed by atoms with Crippen molar-refractivity contribution in [2.24, 2.45) is 0 Å². The molecule has 4 aromatic carbocycles. The van der Waals surface area contributed by atoms with E-state index in [0.29, 0.717) is 26.4 Å². The molecule has 2 aliphatic rings. The zero-order chi connectivity index (χ0) is 70.5. The first kappa shape index (κ1) is 76.8. The SMILES string of the molecule is CCCCCCCCOc1cc(OCCCCCCCC)cc(-c2c3nc(c(C#Cc4ccc(N(CCCC)CCCC)cc4)c4ccc([nH]4)c(-c4cc(OCCCCCCCC)cc(OCCCCCCCC)c4)c4nc(c(C#Cc5ccc(CCCC)cc5)c5ccc2[nH]5)C=C4)C=C3)c1. The second-order valence-electron chi connectivity index (χ2n) is 27.9. The number of aromatic nitrogens is 4. The van der Waals surface area contributed by atoms with E-state index in [4.69, 9.17) is 28.9 Å². The molecule has 0 unspecified atom stereocenters. The maximum absolute atomic E-state index is 6.75. The summed E-state index contributed by atoms with van der Waals surface area (Å²) in [6.45, 7) is 20.4. The Morgan fingerprint density at radius 1 is 0.317 bits per heavy atom. The third-order valence-electron chi connectivity index (χ3n) is 19.4. The predicted molar refractivity (Wildman–Crippen MR) is 431 cm³/mol. The summed E-state index contributed by atoms with van der Waals surface area (Å²) in [5.41, 5.74) is 16.2. The highest BCUT2D eigenvalue weighted by molar-refractivity contribution is 5.96. The van der Waals surface area contributed by atoms with Crippen molar-refractivity contribution in [1.82, 2.24) is 19.9 Å². The number of H-pyrrole nitrogens is 2. The van der Waals surface area contributed by atoms with Crippen molar-refractivity contribution in [1.29, 1.82) is 0 Å². The van der Waals surface area contributed by atoms with E-state index in [9.17, 15) is 0 Å². The van der Waals surface area contributed by atoms with E-state index >= 15 is 0 Å². The van der Waals surface area contributed by atoms with Gasteiger partial charge >= 0.3 is 0 Å². The molecule has 5 heterocycles. The Bertz CT molecular complexity index is 3850. The molecule has 2 aliphatic heterocycles. The third kappa shape index (κ3) is 24.4. The number of hydrogen-bond acceptors (Lipinski definition) is 7. The zero-order valence-electron chi connectivity index (χ0n) is 62.8. The highest BCUT2D eigenvalue weighted by Crippen LogP contribution is 2.39. The van der Waals surface area contributed by atoms with Crippen molar-refractivity contribution in [3.63, 3.8) is 0 Å². The Kier molecular flexibility index (Phi) is 33.0. The zero-order valence-corrected chi connectivity index (χ0v) is 62.8. The van der Waals surface area contributed by atoms with Gasteiger partial charge in [-0.15, -0.1) is 0 Å². The van der Waals surface area contributed by atoms with Gasteiger partial charge in [-0.1, -0.05) is 232 Å². The smallest absolute Gasteiger partial charge is 0.123 e. The number of benzene rings is 4. The van der Waals surface area contributed by atoms with Crippen LogP contribution in [-0.2, 0) is 6.42 Å². The van der Waals surface area contributed by atoms with Gasteiger partial charge in [0.1, 0.15) is 23.0 Å². The summed E-state index contributed by atoms with van der Waals surface area (Å²) in [5.74, 6) is 17.8. The van der Waals surface area contributed by atoms with Crippen molar-refractivity contribution < 1.29 is 18.9 Å². The summed E-state index contributed by atoms with van der Waals surface area (Å²) in [6, 6.07) is 39.1. The first-order valence-electron chi connectivity index (χ1n) is 39.8. The van der Waals surface area contributed by atoms with Crippen molar-refractivity contribution in [3.8, 4) is 68.9 Å². The van der Waals surface area contributed by atoms with E-state index in [1.165, 1.54) is 114 Å². The van der Waals surface area contributed by atoms with Crippen molar-refractivity contribution >= 4 is 52.1 Å². The van der Waals surface area contributed by atoms with Crippen LogP contribution in [0.2, 0.25) is 0 Å². The van der Waals surface area contributed by atoms with Gasteiger partial charge in [-0.05, 0) is 177 Å². The third-order valence-corrected chi connectivity index (χ3v) is 19.4. The molecule has 0 atom stereocenters. The number of rotatable bonds is 44. The molecule has 9 nitrogen and oxygen atoms in total. The van der Waals surface area contributed by atoms with Gasteiger partial charge < -0.3 is 33.8 Å². The molecule has 0 amide bonds. The number of aryl methyl sites for hydroxylation is 1. The van der Waals surface area contributed by atoms with Crippen LogP contribution in [0.3, 0.4) is 0 Å². The summed E-state index contributed by atoms with van der Waals surface area (Å²) >= 11 is 0. The molecule has 3 aromatic heterocycles. The maximum Gasteiger partial charge on any atom is 0.123 e. The first-order chi connectivity index (χ1) is 49.8. The molecule has 0 radical (unpaired) electrons. The Balaban J connectivity index is 1.28. The minimum Gasteiger partial charge on any atom is -0.493 e. The minimum absolute atomic E-state index is 0.625. The highest BCUT2D eigenvalue weighted by atomic mass is 16.5. The fourth-order valence-electron chi connectivity index (χ4n) is 13.4. The van der Waals surface area contributed by atoms with Gasteiger partial charge in [0, 0.05) is 64.2 Å². The van der Waals surface area contributed by atoms with Crippen LogP contribution < -0.4 is 23.8 Å². The second kappa shape index (κ2) is 43.4. The number of nitrogens with one attached hydrogen (secondary N) is 2. The molecule has 536 valence electrons. The van der Waals surface area contributed by atoms with Crippen LogP contribution in [0.5, 0.6) is 23.0 Å². The van der Waals surface area contributed by atoms with Crippen LogP contribution in [0.4, 0.5) is 5.69 Å². The molecule has 0 aliphatic carbocycles. The minimum atomic E-state index is 0.625. The topological polar surface area (TPSA) is 97.5 Å². The van der Waals surface area contributed by atoms with Crippen LogP contribution in [0, 0.1) is 23.7 Å². The van der Waals surface area contributed by atoms with Crippen molar-refractivity contribution in [2.45, 2.75) is 248 Å². The van der Waals surface area contributed by atoms with Gasteiger partial charge in [0.15, 0.2) is 0 Å². The highest BCUT2D eigenvalue weighted by Gasteiger charge is 2.20. The van der Waals surface area contributed by atoms with Crippen LogP contribution in [-0.4, -0.2) is 59.5 Å². The largest absolute Gasteiger partial charge is 0.493 e. The Labute approximate surface area is 608 Å². The van der Waals surface area contributed by atoms with E-state index in [-0.39, 0.29) is 0 Å². The van der Waals surface area contributed by atoms with Gasteiger partial charge in [-0.2, -0.15) is 0 Å². The lowest BCUT2D eigenvalue weighted by atomic mass is 10.0. The lowest BCUT2D eigenvalue weighted by Crippen LogP contribution is -2.25. The summed E-state index contributed by atoms with van der Waals surface area (Å²) in [6.07, 6.45) is 44.9. The molecule has 0 fully saturated rings. The standard InChI is InChI=1S/C92H119N5O4/c1-8-15-22-26-30-34-61-98-77-65-74(66-78(69-77)99-62-35-31-27-23-16-9-2)91-87-55-51-83(93-87)81(49-45-72-41-39-71(40-42-72)38-19-12-5)84-52-56-88(94-84)92(75-67-79(100-63-36-32-28-24-17-10-3)70-80(68-75)101-64-37-33-29-25-18-11-4)90-58-54-86(96-90)82(85-53-57-89(91)95-85)50-46-73-43-47-76(48-44-73)97(59-20-13-6)60-21-14-7/h39-44,47-48,51-58,65-70,93,96H,8-38,59-64H2,1-7H3. The predicted octanol–water partition coefficient (Wildman–Crippen LogP) is 25.5. The Morgan fingerprint density at radius 2 is 0.644 bits per heavy atom. The monoisotopic (exact) mass is 1360 g/mol. The fraction of sp³-hybridized carbons (Fsp3) is 0.478. The van der Waals surface area contributed by atoms with Gasteiger partial charge in [0.25, 0.3) is 0 Å². The van der Waals surface area contributed by atoms with Crippen LogP contribution in [0.25, 0.3) is 68.6 Å². The van der Waals surface area contributed by atoms with Crippen molar-refractivity contribution in [2.75, 3.05) is 44.4 Å². The molecular formula is C92H119N5O4. The van der Waals surface area contributed by atoms with Crippen LogP contribution >= 0.6 is 0 Å². The molecule has 101 heavy (non-hydrogen) atoms. The van der Waals surface area contributed by atoms with E-state index in [1.807, 2.05) is 0 Å². The average molecular weight is 1360 g/mol. The number of ether oxygens (including phenoxy) is 4. The molecule has 0 saturated heterocycles. The van der Waals surface area contributed by atoms with Gasteiger partial charge in [-0.25, -0.2) is 9.97 Å². The van der Waals surface area contributed by atoms with Crippen LogP contribution in [0.15, 0.2) is 109 Å². The number of nitrogens with zero attached hydrogens (tertiary/aromatic N) is 3. The summed E-state index contributed by atoms with van der Waals surface area (Å²) < 4.78 is 27.0. The number of anilines is 1. The normalized spacial score (nSPS) is 11.6. The molecule has 2 N–H and O–H groups in total. The van der Waals surface area contributed by atoms with E-state index in [0.717, 1.165) is 222 Å². The van der Waals surface area contributed by atoms with E-state index in [2.05, 4.69) is 221 Å². The second-order valence-corrected chi connectivity index (χ2v) is 27.9. The number of unbranched alkanes of at least 4 members (excludes halogenated alkanes) is 23. The van der Waals surface area contributed by atoms with Gasteiger partial charge in [0.2, 0.25) is 0 Å². The number of fused-ring (bicyclic) bond motifs is 8. The average Bonchev–Trinajstić information content (AvgIpc) is 1.64. The summed E-state index contributed by atoms with van der Waals surface area (Å²) in [5, 5.41) is 0. The summed E-state index contributed by atoms with van der Waals surface area (Å²) in [7, 11) is 0. The lowest BCUT2D eigenvalue weighted by molar-refractivity contribution is 0.289.